The van der Waals surface area contributed by atoms with E-state index in [2.05, 4.69) is 9.97 Å². The molecule has 26 heavy (non-hydrogen) atoms. The number of rotatable bonds is 7. The second-order valence-electron chi connectivity index (χ2n) is 5.45. The highest BCUT2D eigenvalue weighted by atomic mass is 31.2. The molecule has 6 nitrogen and oxygen atoms in total. The van der Waals surface area contributed by atoms with Crippen LogP contribution in [0.25, 0.3) is 22.3 Å². The smallest absolute Gasteiger partial charge is 0.380 e. The van der Waals surface area contributed by atoms with E-state index < -0.39 is 7.60 Å². The third kappa shape index (κ3) is 3.63. The second-order valence-corrected chi connectivity index (χ2v) is 7.38. The number of nitrogens with zero attached hydrogens (tertiary/aromatic N) is 2. The van der Waals surface area contributed by atoms with Gasteiger partial charge in [0, 0.05) is 10.9 Å². The van der Waals surface area contributed by atoms with Crippen LogP contribution in [0.15, 0.2) is 48.5 Å². The number of ether oxygens (including phenoxy) is 1. The predicted octanol–water partition coefficient (Wildman–Crippen LogP) is 4.20. The first kappa shape index (κ1) is 18.5. The first-order valence-electron chi connectivity index (χ1n) is 8.42. The molecule has 0 atom stereocenters. The highest BCUT2D eigenvalue weighted by Gasteiger charge is 2.32. The quantitative estimate of drug-likeness (QED) is 0.579. The van der Waals surface area contributed by atoms with Gasteiger partial charge in [-0.05, 0) is 44.2 Å². The van der Waals surface area contributed by atoms with Crippen LogP contribution in [0.1, 0.15) is 13.8 Å². The summed E-state index contributed by atoms with van der Waals surface area (Å²) in [6.45, 7) is 4.07. The largest absolute Gasteiger partial charge is 0.497 e. The summed E-state index contributed by atoms with van der Waals surface area (Å²) in [5.74, 6) is 1.20. The lowest BCUT2D eigenvalue weighted by Crippen LogP contribution is -2.17. The van der Waals surface area contributed by atoms with Gasteiger partial charge in [-0.15, -0.1) is 0 Å². The molecule has 0 radical (unpaired) electrons. The minimum Gasteiger partial charge on any atom is -0.497 e. The third-order valence-electron chi connectivity index (χ3n) is 3.79. The first-order valence-corrected chi connectivity index (χ1v) is 9.96. The molecule has 0 spiro atoms. The molecule has 0 aliphatic carbocycles. The molecule has 136 valence electrons. The normalized spacial score (nSPS) is 11.7. The SMILES string of the molecule is CCOP(=O)(OCC)c1nc(-c2ccc(OC)cc2)nc2ccccc12. The van der Waals surface area contributed by atoms with Crippen LogP contribution in [-0.2, 0) is 13.6 Å². The van der Waals surface area contributed by atoms with Crippen molar-refractivity contribution in [3.63, 3.8) is 0 Å². The molecule has 0 amide bonds. The Balaban J connectivity index is 2.22. The van der Waals surface area contributed by atoms with Gasteiger partial charge in [0.15, 0.2) is 11.3 Å². The Labute approximate surface area is 152 Å². The summed E-state index contributed by atoms with van der Waals surface area (Å²) in [6, 6.07) is 14.8. The molecule has 0 aliphatic heterocycles. The van der Waals surface area contributed by atoms with E-state index in [0.717, 1.165) is 11.3 Å². The minimum absolute atomic E-state index is 0.257. The van der Waals surface area contributed by atoms with E-state index in [1.54, 1.807) is 21.0 Å². The predicted molar refractivity (Wildman–Crippen MR) is 102 cm³/mol. The van der Waals surface area contributed by atoms with Crippen molar-refractivity contribution in [1.29, 1.82) is 0 Å². The molecule has 1 heterocycles. The van der Waals surface area contributed by atoms with Crippen molar-refractivity contribution in [3.05, 3.63) is 48.5 Å². The molecule has 2 aromatic carbocycles. The summed E-state index contributed by atoms with van der Waals surface area (Å²) in [4.78, 5) is 9.18. The van der Waals surface area contributed by atoms with E-state index in [-0.39, 0.29) is 18.6 Å². The van der Waals surface area contributed by atoms with E-state index in [4.69, 9.17) is 13.8 Å². The Bertz CT molecular complexity index is 934. The molecule has 3 rings (SSSR count). The molecule has 1 aromatic heterocycles. The van der Waals surface area contributed by atoms with E-state index in [1.807, 2.05) is 48.5 Å². The molecule has 3 aromatic rings. The van der Waals surface area contributed by atoms with Gasteiger partial charge >= 0.3 is 7.60 Å². The monoisotopic (exact) mass is 372 g/mol. The van der Waals surface area contributed by atoms with E-state index in [1.165, 1.54) is 0 Å². The fraction of sp³-hybridized carbons (Fsp3) is 0.263. The van der Waals surface area contributed by atoms with Gasteiger partial charge in [0.1, 0.15) is 5.75 Å². The van der Waals surface area contributed by atoms with Gasteiger partial charge in [-0.1, -0.05) is 18.2 Å². The maximum Gasteiger partial charge on any atom is 0.380 e. The molecule has 7 heteroatoms. The molecule has 0 fully saturated rings. The van der Waals surface area contributed by atoms with Gasteiger partial charge in [0.05, 0.1) is 25.8 Å². The lowest BCUT2D eigenvalue weighted by atomic mass is 10.2. The van der Waals surface area contributed by atoms with Crippen LogP contribution in [0, 0.1) is 0 Å². The lowest BCUT2D eigenvalue weighted by molar-refractivity contribution is 0.229. The summed E-state index contributed by atoms with van der Waals surface area (Å²) >= 11 is 0. The highest BCUT2D eigenvalue weighted by Crippen LogP contribution is 2.48. The molecular formula is C19H21N2O4P. The van der Waals surface area contributed by atoms with E-state index in [0.29, 0.717) is 16.7 Å². The van der Waals surface area contributed by atoms with Crippen LogP contribution in [0.3, 0.4) is 0 Å². The standard InChI is InChI=1S/C19H21N2O4P/c1-4-24-26(22,25-5-2)19-16-8-6-7-9-17(16)20-18(21-19)14-10-12-15(23-3)13-11-14/h6-13H,4-5H2,1-3H3. The topological polar surface area (TPSA) is 70.5 Å². The molecule has 0 bridgehead atoms. The van der Waals surface area contributed by atoms with Gasteiger partial charge in [0.25, 0.3) is 0 Å². The van der Waals surface area contributed by atoms with Gasteiger partial charge < -0.3 is 13.8 Å². The fourth-order valence-corrected chi connectivity index (χ4v) is 4.34. The van der Waals surface area contributed by atoms with Crippen LogP contribution in [0.2, 0.25) is 0 Å². The van der Waals surface area contributed by atoms with Crippen LogP contribution in [0.4, 0.5) is 0 Å². The first-order chi connectivity index (χ1) is 12.6. The zero-order valence-electron chi connectivity index (χ0n) is 15.0. The third-order valence-corrected chi connectivity index (χ3v) is 5.84. The molecule has 0 unspecified atom stereocenters. The van der Waals surface area contributed by atoms with Gasteiger partial charge in [-0.3, -0.25) is 4.57 Å². The summed E-state index contributed by atoms with van der Waals surface area (Å²) in [7, 11) is -1.94. The molecular weight excluding hydrogens is 351 g/mol. The van der Waals surface area contributed by atoms with Crippen LogP contribution < -0.4 is 10.2 Å². The number of hydrogen-bond donors (Lipinski definition) is 0. The van der Waals surface area contributed by atoms with Gasteiger partial charge in [0.2, 0.25) is 0 Å². The zero-order valence-corrected chi connectivity index (χ0v) is 15.9. The fourth-order valence-electron chi connectivity index (χ4n) is 2.64. The van der Waals surface area contributed by atoms with Crippen molar-refractivity contribution in [2.45, 2.75) is 13.8 Å². The Kier molecular flexibility index (Phi) is 5.67. The van der Waals surface area contributed by atoms with E-state index in [9.17, 15) is 4.57 Å². The average molecular weight is 372 g/mol. The number of hydrogen-bond acceptors (Lipinski definition) is 6. The number of aromatic nitrogens is 2. The maximum absolute atomic E-state index is 13.4. The van der Waals surface area contributed by atoms with Crippen molar-refractivity contribution in [2.75, 3.05) is 20.3 Å². The summed E-state index contributed by atoms with van der Waals surface area (Å²) in [5.41, 5.74) is 1.76. The Morgan fingerprint density at radius 1 is 0.923 bits per heavy atom. The zero-order chi connectivity index (χ0) is 18.6. The minimum atomic E-state index is -3.56. The second kappa shape index (κ2) is 7.96. The number of benzene rings is 2. The Morgan fingerprint density at radius 2 is 1.58 bits per heavy atom. The molecule has 0 N–H and O–H groups in total. The highest BCUT2D eigenvalue weighted by molar-refractivity contribution is 7.62. The number of fused-ring (bicyclic) bond motifs is 1. The van der Waals surface area contributed by atoms with Crippen molar-refractivity contribution >= 4 is 23.9 Å². The summed E-state index contributed by atoms with van der Waals surface area (Å²) in [5, 5.41) is 0.662. The summed E-state index contributed by atoms with van der Waals surface area (Å²) in [6.07, 6.45) is 0. The van der Waals surface area contributed by atoms with Crippen molar-refractivity contribution in [1.82, 2.24) is 9.97 Å². The van der Waals surface area contributed by atoms with Crippen LogP contribution in [-0.4, -0.2) is 30.3 Å². The lowest BCUT2D eigenvalue weighted by Gasteiger charge is -2.18. The van der Waals surface area contributed by atoms with Crippen LogP contribution in [0.5, 0.6) is 5.75 Å². The molecule has 0 saturated carbocycles. The van der Waals surface area contributed by atoms with Gasteiger partial charge in [-0.2, -0.15) is 0 Å². The van der Waals surface area contributed by atoms with E-state index >= 15 is 0 Å². The summed E-state index contributed by atoms with van der Waals surface area (Å²) < 4.78 is 29.6. The maximum atomic E-state index is 13.4. The van der Waals surface area contributed by atoms with Crippen molar-refractivity contribution in [3.8, 4) is 17.1 Å². The molecule has 0 aliphatic rings. The Hall–Kier alpha value is -2.27. The van der Waals surface area contributed by atoms with Crippen molar-refractivity contribution in [2.24, 2.45) is 0 Å². The van der Waals surface area contributed by atoms with Gasteiger partial charge in [-0.25, -0.2) is 9.97 Å². The Morgan fingerprint density at radius 3 is 2.19 bits per heavy atom. The number of methoxy groups -OCH3 is 1. The number of para-hydroxylation sites is 1. The molecule has 0 saturated heterocycles. The average Bonchev–Trinajstić information content (AvgIpc) is 2.67. The van der Waals surface area contributed by atoms with Crippen molar-refractivity contribution < 1.29 is 18.3 Å². The van der Waals surface area contributed by atoms with Crippen LogP contribution >= 0.6 is 7.60 Å².